The van der Waals surface area contributed by atoms with Gasteiger partial charge in [-0.2, -0.15) is 26.3 Å². The summed E-state index contributed by atoms with van der Waals surface area (Å²) in [7, 11) is 6.26. The quantitative estimate of drug-likeness (QED) is 0.724. The molecule has 2 N–H and O–H groups in total. The van der Waals surface area contributed by atoms with Crippen molar-refractivity contribution in [1.29, 1.82) is 0 Å². The first-order valence-corrected chi connectivity index (χ1v) is 8.30. The number of hydrogen-bond acceptors (Lipinski definition) is 5. The van der Waals surface area contributed by atoms with Crippen molar-refractivity contribution >= 4 is 22.1 Å². The summed E-state index contributed by atoms with van der Waals surface area (Å²) in [6.45, 7) is 0. The smallest absolute Gasteiger partial charge is 0.377 e. The number of aliphatic hydroxyl groups is 2. The first-order valence-electron chi connectivity index (χ1n) is 8.30. The molecule has 160 valence electrons. The molecule has 29 heavy (non-hydrogen) atoms. The van der Waals surface area contributed by atoms with Crippen molar-refractivity contribution in [3.63, 3.8) is 0 Å². The van der Waals surface area contributed by atoms with Crippen LogP contribution >= 0.6 is 0 Å². The minimum Gasteiger partial charge on any atom is -0.377 e. The Bertz CT molecular complexity index is 900. The van der Waals surface area contributed by atoms with E-state index in [4.69, 9.17) is 0 Å². The lowest BCUT2D eigenvalue weighted by atomic mass is 9.85. The van der Waals surface area contributed by atoms with Crippen LogP contribution in [0, 0.1) is 0 Å². The molecule has 3 rings (SSSR count). The summed E-state index contributed by atoms with van der Waals surface area (Å²) in [5.41, 5.74) is -1.27. The number of halogens is 6. The number of hydrogen-bond donors (Lipinski definition) is 2. The highest BCUT2D eigenvalue weighted by Gasteiger charge is 2.70. The zero-order valence-electron chi connectivity index (χ0n) is 15.8. The minimum atomic E-state index is -5.66. The molecule has 0 aromatic heterocycles. The Kier molecular flexibility index (Phi) is 4.54. The molecule has 0 saturated carbocycles. The van der Waals surface area contributed by atoms with Crippen molar-refractivity contribution in [1.82, 2.24) is 0 Å². The second kappa shape index (κ2) is 6.13. The lowest BCUT2D eigenvalue weighted by Gasteiger charge is -2.44. The van der Waals surface area contributed by atoms with Gasteiger partial charge in [0.1, 0.15) is 0 Å². The average molecular weight is 424 g/mol. The van der Waals surface area contributed by atoms with Crippen LogP contribution in [0.15, 0.2) is 24.3 Å². The van der Waals surface area contributed by atoms with E-state index in [-0.39, 0.29) is 5.39 Å². The molecular formula is C18H18F6N2O3. The van der Waals surface area contributed by atoms with Gasteiger partial charge in [-0.1, -0.05) is 12.1 Å². The van der Waals surface area contributed by atoms with E-state index in [0.717, 1.165) is 12.1 Å². The van der Waals surface area contributed by atoms with Gasteiger partial charge in [0, 0.05) is 61.5 Å². The highest BCUT2D eigenvalue weighted by Crippen LogP contribution is 2.57. The molecule has 0 bridgehead atoms. The van der Waals surface area contributed by atoms with E-state index in [1.54, 1.807) is 28.2 Å². The molecule has 11 heteroatoms. The van der Waals surface area contributed by atoms with Gasteiger partial charge in [0.2, 0.25) is 0 Å². The molecule has 2 atom stereocenters. The van der Waals surface area contributed by atoms with Crippen molar-refractivity contribution in [2.24, 2.45) is 0 Å². The number of alkyl halides is 6. The lowest BCUT2D eigenvalue weighted by Crippen LogP contribution is -2.58. The predicted molar refractivity (Wildman–Crippen MR) is 93.6 cm³/mol. The predicted octanol–water partition coefficient (Wildman–Crippen LogP) is 3.42. The van der Waals surface area contributed by atoms with Crippen LogP contribution < -0.4 is 9.80 Å². The van der Waals surface area contributed by atoms with Crippen LogP contribution in [0.1, 0.15) is 11.1 Å². The summed E-state index contributed by atoms with van der Waals surface area (Å²) in [6, 6.07) is 4.19. The fraction of sp³-hybridized carbons (Fsp3) is 0.444. The first kappa shape index (κ1) is 21.5. The largest absolute Gasteiger partial charge is 0.448 e. The molecule has 0 unspecified atom stereocenters. The van der Waals surface area contributed by atoms with E-state index in [2.05, 4.69) is 4.74 Å². The number of rotatable bonds is 2. The van der Waals surface area contributed by atoms with Crippen molar-refractivity contribution in [2.75, 3.05) is 38.0 Å². The SMILES string of the molecule is CN(C)c1ccc2c3c(ccc(N(C)C)c13)[C@@](O)(C(F)(F)F)O[C@]2(O)C(F)(F)F. The van der Waals surface area contributed by atoms with E-state index in [1.807, 2.05) is 0 Å². The second-order valence-corrected chi connectivity index (χ2v) is 7.19. The van der Waals surface area contributed by atoms with Crippen LogP contribution in [0.5, 0.6) is 0 Å². The number of benzene rings is 2. The topological polar surface area (TPSA) is 56.2 Å². The maximum Gasteiger partial charge on any atom is 0.448 e. The average Bonchev–Trinajstić information content (AvgIpc) is 2.56. The number of anilines is 2. The molecule has 1 aliphatic heterocycles. The lowest BCUT2D eigenvalue weighted by molar-refractivity contribution is -0.487. The van der Waals surface area contributed by atoms with Gasteiger partial charge in [0.05, 0.1) is 0 Å². The third kappa shape index (κ3) is 2.82. The van der Waals surface area contributed by atoms with Gasteiger partial charge in [0.25, 0.3) is 11.6 Å². The van der Waals surface area contributed by atoms with Gasteiger partial charge >= 0.3 is 12.4 Å². The summed E-state index contributed by atoms with van der Waals surface area (Å²) in [4.78, 5) is 3.01. The molecule has 2 aromatic rings. The van der Waals surface area contributed by atoms with Crippen LogP contribution in [0.3, 0.4) is 0 Å². The van der Waals surface area contributed by atoms with Crippen molar-refractivity contribution in [2.45, 2.75) is 23.9 Å². The van der Waals surface area contributed by atoms with Crippen LogP contribution in [-0.2, 0) is 16.3 Å². The molecule has 1 heterocycles. The third-order valence-corrected chi connectivity index (χ3v) is 4.87. The molecule has 0 amide bonds. The molecular weight excluding hydrogens is 406 g/mol. The van der Waals surface area contributed by atoms with Crippen molar-refractivity contribution in [3.05, 3.63) is 35.4 Å². The maximum atomic E-state index is 13.7. The summed E-state index contributed by atoms with van der Waals surface area (Å²) in [5.74, 6) is -8.75. The zero-order valence-corrected chi connectivity index (χ0v) is 15.8. The highest BCUT2D eigenvalue weighted by molar-refractivity contribution is 6.07. The van der Waals surface area contributed by atoms with Gasteiger partial charge in [0.15, 0.2) is 0 Å². The van der Waals surface area contributed by atoms with E-state index in [0.29, 0.717) is 11.4 Å². The molecule has 1 aliphatic rings. The Morgan fingerprint density at radius 1 is 0.690 bits per heavy atom. The van der Waals surface area contributed by atoms with E-state index < -0.39 is 40.4 Å². The van der Waals surface area contributed by atoms with Crippen LogP contribution in [-0.4, -0.2) is 50.8 Å². The molecule has 0 spiro atoms. The molecule has 0 aliphatic carbocycles. The van der Waals surface area contributed by atoms with Gasteiger partial charge < -0.3 is 20.0 Å². The van der Waals surface area contributed by atoms with Gasteiger partial charge in [-0.05, 0) is 12.1 Å². The molecule has 0 saturated heterocycles. The molecule has 5 nitrogen and oxygen atoms in total. The van der Waals surface area contributed by atoms with Crippen molar-refractivity contribution in [3.8, 4) is 0 Å². The van der Waals surface area contributed by atoms with Gasteiger partial charge in [-0.3, -0.25) is 4.74 Å². The third-order valence-electron chi connectivity index (χ3n) is 4.87. The van der Waals surface area contributed by atoms with Crippen LogP contribution in [0.25, 0.3) is 10.8 Å². The Labute approximate surface area is 161 Å². The standard InChI is InChI=1S/C18H18F6N2O3/c1-25(2)11-7-5-9-13-10(6-8-12(14(11)13)26(3)4)16(28,18(22,23)24)29-15(9,27)17(19,20)21/h5-8,27-28H,1-4H3/t15-,16-/m0/s1. The fourth-order valence-corrected chi connectivity index (χ4v) is 3.51. The monoisotopic (exact) mass is 424 g/mol. The van der Waals surface area contributed by atoms with Crippen molar-refractivity contribution < 1.29 is 41.3 Å². The van der Waals surface area contributed by atoms with E-state index in [9.17, 15) is 36.6 Å². The van der Waals surface area contributed by atoms with Crippen LogP contribution in [0.2, 0.25) is 0 Å². The Hall–Kier alpha value is -2.24. The molecule has 0 radical (unpaired) electrons. The summed E-state index contributed by atoms with van der Waals surface area (Å²) in [5, 5.41) is 20.0. The number of nitrogens with zero attached hydrogens (tertiary/aromatic N) is 2. The Morgan fingerprint density at radius 2 is 1.03 bits per heavy atom. The summed E-state index contributed by atoms with van der Waals surface area (Å²) >= 11 is 0. The van der Waals surface area contributed by atoms with E-state index >= 15 is 0 Å². The van der Waals surface area contributed by atoms with Gasteiger partial charge in [-0.25, -0.2) is 0 Å². The fourth-order valence-electron chi connectivity index (χ4n) is 3.51. The Balaban J connectivity index is 2.62. The maximum absolute atomic E-state index is 13.7. The zero-order chi connectivity index (χ0) is 22.2. The summed E-state index contributed by atoms with van der Waals surface area (Å²) in [6.07, 6.45) is -11.3. The normalized spacial score (nSPS) is 24.7. The summed E-state index contributed by atoms with van der Waals surface area (Å²) < 4.78 is 86.4. The van der Waals surface area contributed by atoms with E-state index in [1.165, 1.54) is 21.9 Å². The van der Waals surface area contributed by atoms with Crippen LogP contribution in [0.4, 0.5) is 37.7 Å². The molecule has 0 fully saturated rings. The van der Waals surface area contributed by atoms with Gasteiger partial charge in [-0.15, -0.1) is 0 Å². The highest BCUT2D eigenvalue weighted by atomic mass is 19.4. The second-order valence-electron chi connectivity index (χ2n) is 7.19. The molecule has 2 aromatic carbocycles. The number of ether oxygens (including phenoxy) is 1. The minimum absolute atomic E-state index is 0.00338. The first-order chi connectivity index (χ1) is 13.1. The Morgan fingerprint density at radius 3 is 1.31 bits per heavy atom.